The normalized spacial score (nSPS) is 9.54. The number of hydrogen-bond acceptors (Lipinski definition) is 0. The van der Waals surface area contributed by atoms with Gasteiger partial charge in [0.05, 0.1) is 5.88 Å². The average molecular weight is 193 g/mol. The van der Waals surface area contributed by atoms with Crippen LogP contribution in [0.5, 0.6) is 0 Å². The Morgan fingerprint density at radius 2 is 1.85 bits per heavy atom. The van der Waals surface area contributed by atoms with Crippen molar-refractivity contribution in [2.45, 2.75) is 19.8 Å². The van der Waals surface area contributed by atoms with Crippen LogP contribution in [-0.4, -0.2) is 5.88 Å². The molecule has 0 heterocycles. The van der Waals surface area contributed by atoms with E-state index in [1.54, 1.807) is 0 Å². The van der Waals surface area contributed by atoms with Gasteiger partial charge in [-0.3, -0.25) is 0 Å². The molecule has 1 aromatic carbocycles. The molecule has 0 aliphatic carbocycles. The second-order valence-electron chi connectivity index (χ2n) is 3.21. The molecule has 68 valence electrons. The van der Waals surface area contributed by atoms with Crippen LogP contribution in [-0.2, 0) is 0 Å². The Morgan fingerprint density at radius 1 is 1.23 bits per heavy atom. The Bertz CT molecular complexity index is 311. The summed E-state index contributed by atoms with van der Waals surface area (Å²) in [5, 5.41) is 0. The average Bonchev–Trinajstić information content (AvgIpc) is 2.15. The lowest BCUT2D eigenvalue weighted by Gasteiger charge is -2.03. The predicted molar refractivity (Wildman–Crippen MR) is 58.1 cm³/mol. The molecule has 1 rings (SSSR count). The van der Waals surface area contributed by atoms with Crippen molar-refractivity contribution in [3.8, 4) is 11.8 Å². The zero-order valence-electron chi connectivity index (χ0n) is 7.97. The molecule has 0 unspecified atom stereocenters. The molecule has 0 aliphatic heterocycles. The van der Waals surface area contributed by atoms with E-state index in [0.29, 0.717) is 11.8 Å². The first-order valence-electron chi connectivity index (χ1n) is 4.39. The molecule has 1 aromatic rings. The van der Waals surface area contributed by atoms with Gasteiger partial charge in [-0.05, 0) is 23.6 Å². The summed E-state index contributed by atoms with van der Waals surface area (Å²) in [4.78, 5) is 0. The third-order valence-electron chi connectivity index (χ3n) is 1.88. The van der Waals surface area contributed by atoms with E-state index in [1.165, 1.54) is 5.56 Å². The quantitative estimate of drug-likeness (QED) is 0.473. The van der Waals surface area contributed by atoms with Crippen LogP contribution in [0.3, 0.4) is 0 Å². The first-order valence-corrected chi connectivity index (χ1v) is 4.92. The molecule has 1 heteroatoms. The molecule has 0 fully saturated rings. The molecule has 0 atom stereocenters. The molecule has 0 amide bonds. The monoisotopic (exact) mass is 192 g/mol. The zero-order valence-corrected chi connectivity index (χ0v) is 8.73. The Labute approximate surface area is 84.9 Å². The highest BCUT2D eigenvalue weighted by atomic mass is 35.5. The van der Waals surface area contributed by atoms with Crippen LogP contribution < -0.4 is 0 Å². The largest absolute Gasteiger partial charge is 0.113 e. The lowest BCUT2D eigenvalue weighted by Crippen LogP contribution is -1.86. The van der Waals surface area contributed by atoms with Crippen molar-refractivity contribution in [1.82, 2.24) is 0 Å². The number of halogens is 1. The highest BCUT2D eigenvalue weighted by Gasteiger charge is 1.96. The maximum Gasteiger partial charge on any atom is 0.0839 e. The lowest BCUT2D eigenvalue weighted by molar-refractivity contribution is 0.866. The van der Waals surface area contributed by atoms with E-state index in [-0.39, 0.29) is 0 Å². The molecular formula is C12H13Cl. The van der Waals surface area contributed by atoms with Crippen LogP contribution >= 0.6 is 11.6 Å². The van der Waals surface area contributed by atoms with Crippen molar-refractivity contribution in [3.63, 3.8) is 0 Å². The number of alkyl halides is 1. The molecule has 0 aromatic heterocycles. The first-order chi connectivity index (χ1) is 6.24. The smallest absolute Gasteiger partial charge is 0.0839 e. The Hall–Kier alpha value is -0.930. The van der Waals surface area contributed by atoms with E-state index in [0.717, 1.165) is 5.56 Å². The summed E-state index contributed by atoms with van der Waals surface area (Å²) >= 11 is 5.46. The second kappa shape index (κ2) is 4.94. The van der Waals surface area contributed by atoms with Gasteiger partial charge < -0.3 is 0 Å². The third kappa shape index (κ3) is 3.13. The number of benzene rings is 1. The second-order valence-corrected chi connectivity index (χ2v) is 3.48. The fraction of sp³-hybridized carbons (Fsp3) is 0.333. The van der Waals surface area contributed by atoms with Gasteiger partial charge in [-0.1, -0.05) is 37.8 Å². The topological polar surface area (TPSA) is 0 Å². The van der Waals surface area contributed by atoms with E-state index in [1.807, 2.05) is 12.1 Å². The highest BCUT2D eigenvalue weighted by molar-refractivity contribution is 6.19. The van der Waals surface area contributed by atoms with E-state index >= 15 is 0 Å². The van der Waals surface area contributed by atoms with Crippen molar-refractivity contribution in [3.05, 3.63) is 35.4 Å². The standard InChI is InChI=1S/C12H13Cl/c1-10(2)12-7-5-11(6-8-12)4-3-9-13/h5-8,10H,9H2,1-2H3. The van der Waals surface area contributed by atoms with Gasteiger partial charge in [0.25, 0.3) is 0 Å². The van der Waals surface area contributed by atoms with Crippen molar-refractivity contribution in [2.24, 2.45) is 0 Å². The van der Waals surface area contributed by atoms with Crippen LogP contribution in [0, 0.1) is 11.8 Å². The highest BCUT2D eigenvalue weighted by Crippen LogP contribution is 2.13. The van der Waals surface area contributed by atoms with Crippen molar-refractivity contribution < 1.29 is 0 Å². The first kappa shape index (κ1) is 10.2. The van der Waals surface area contributed by atoms with Gasteiger partial charge >= 0.3 is 0 Å². The summed E-state index contributed by atoms with van der Waals surface area (Å²) in [5.74, 6) is 6.78. The molecule has 0 N–H and O–H groups in total. The van der Waals surface area contributed by atoms with Crippen LogP contribution in [0.4, 0.5) is 0 Å². The fourth-order valence-electron chi connectivity index (χ4n) is 1.09. The van der Waals surface area contributed by atoms with Gasteiger partial charge in [0.1, 0.15) is 0 Å². The molecule has 13 heavy (non-hydrogen) atoms. The van der Waals surface area contributed by atoms with Gasteiger partial charge in [0.2, 0.25) is 0 Å². The van der Waals surface area contributed by atoms with E-state index in [4.69, 9.17) is 11.6 Å². The van der Waals surface area contributed by atoms with Crippen molar-refractivity contribution in [1.29, 1.82) is 0 Å². The van der Waals surface area contributed by atoms with Crippen LogP contribution in [0.2, 0.25) is 0 Å². The molecule has 0 saturated carbocycles. The van der Waals surface area contributed by atoms with Gasteiger partial charge in [-0.25, -0.2) is 0 Å². The Kier molecular flexibility index (Phi) is 3.86. The van der Waals surface area contributed by atoms with Crippen LogP contribution in [0.25, 0.3) is 0 Å². The van der Waals surface area contributed by atoms with Gasteiger partial charge in [0.15, 0.2) is 0 Å². The molecule has 0 spiro atoms. The summed E-state index contributed by atoms with van der Waals surface area (Å²) in [6.07, 6.45) is 0. The Morgan fingerprint density at radius 3 is 2.31 bits per heavy atom. The minimum absolute atomic E-state index is 0.395. The molecule has 0 bridgehead atoms. The minimum Gasteiger partial charge on any atom is -0.113 e. The maximum atomic E-state index is 5.46. The molecule has 0 aliphatic rings. The van der Waals surface area contributed by atoms with E-state index in [9.17, 15) is 0 Å². The Balaban J connectivity index is 2.81. The molecular weight excluding hydrogens is 180 g/mol. The van der Waals surface area contributed by atoms with Crippen molar-refractivity contribution >= 4 is 11.6 Å². The molecule has 0 nitrogen and oxygen atoms in total. The van der Waals surface area contributed by atoms with Crippen molar-refractivity contribution in [2.75, 3.05) is 5.88 Å². The predicted octanol–water partition coefficient (Wildman–Crippen LogP) is 3.40. The van der Waals surface area contributed by atoms with Gasteiger partial charge in [-0.2, -0.15) is 0 Å². The summed E-state index contributed by atoms with van der Waals surface area (Å²) in [6, 6.07) is 8.30. The summed E-state index contributed by atoms with van der Waals surface area (Å²) in [6.45, 7) is 4.36. The number of hydrogen-bond donors (Lipinski definition) is 0. The fourth-order valence-corrected chi connectivity index (χ4v) is 1.15. The van der Waals surface area contributed by atoms with E-state index in [2.05, 4.69) is 37.8 Å². The van der Waals surface area contributed by atoms with Gasteiger partial charge in [-0.15, -0.1) is 11.6 Å². The lowest BCUT2D eigenvalue weighted by atomic mass is 10.0. The van der Waals surface area contributed by atoms with Gasteiger partial charge in [0, 0.05) is 5.56 Å². The SMILES string of the molecule is CC(C)c1ccc(C#CCCl)cc1. The summed E-state index contributed by atoms with van der Waals surface area (Å²) in [7, 11) is 0. The molecule has 0 radical (unpaired) electrons. The van der Waals surface area contributed by atoms with Crippen LogP contribution in [0.1, 0.15) is 30.9 Å². The van der Waals surface area contributed by atoms with E-state index < -0.39 is 0 Å². The third-order valence-corrected chi connectivity index (χ3v) is 2.01. The minimum atomic E-state index is 0.395. The van der Waals surface area contributed by atoms with Crippen LogP contribution in [0.15, 0.2) is 24.3 Å². The zero-order chi connectivity index (χ0) is 9.68. The molecule has 0 saturated heterocycles. The number of rotatable bonds is 1. The summed E-state index contributed by atoms with van der Waals surface area (Å²) in [5.41, 5.74) is 2.38. The summed E-state index contributed by atoms with van der Waals surface area (Å²) < 4.78 is 0. The maximum absolute atomic E-state index is 5.46.